The third-order valence-corrected chi connectivity index (χ3v) is 6.02. The number of benzene rings is 2. The Morgan fingerprint density at radius 1 is 1.13 bits per heavy atom. The molecule has 3 heterocycles. The molecule has 1 aliphatic heterocycles. The maximum atomic E-state index is 13.1. The molecule has 2 aromatic heterocycles. The lowest BCUT2D eigenvalue weighted by atomic mass is 9.89. The summed E-state index contributed by atoms with van der Waals surface area (Å²) in [6.07, 6.45) is 3.80. The number of aromatic nitrogens is 1. The van der Waals surface area contributed by atoms with Crippen LogP contribution >= 0.6 is 0 Å². The largest absolute Gasteiger partial charge is 0.493 e. The van der Waals surface area contributed by atoms with Crippen LogP contribution in [0.25, 0.3) is 21.9 Å². The van der Waals surface area contributed by atoms with Crippen molar-refractivity contribution in [2.75, 3.05) is 20.2 Å². The minimum Gasteiger partial charge on any atom is -0.493 e. The number of carbonyl (C=O) groups excluding carboxylic acids is 1. The number of piperidine rings is 1. The normalized spacial score (nSPS) is 15.0. The molecule has 0 bridgehead atoms. The van der Waals surface area contributed by atoms with Crippen molar-refractivity contribution < 1.29 is 13.9 Å². The number of ether oxygens (including phenoxy) is 1. The summed E-state index contributed by atoms with van der Waals surface area (Å²) in [5, 5.41) is 1.91. The second-order valence-corrected chi connectivity index (χ2v) is 7.68. The van der Waals surface area contributed by atoms with Crippen LogP contribution in [0, 0.1) is 0 Å². The van der Waals surface area contributed by atoms with Crippen LogP contribution in [0.4, 0.5) is 0 Å². The second kappa shape index (κ2) is 7.37. The summed E-state index contributed by atoms with van der Waals surface area (Å²) in [5.74, 6) is 0.594. The number of amides is 1. The monoisotopic (exact) mass is 402 g/mol. The predicted octanol–water partition coefficient (Wildman–Crippen LogP) is 4.30. The number of hydrogen-bond acceptors (Lipinski definition) is 4. The van der Waals surface area contributed by atoms with Gasteiger partial charge in [0.05, 0.1) is 7.11 Å². The first-order valence-electron chi connectivity index (χ1n) is 10.1. The summed E-state index contributed by atoms with van der Waals surface area (Å²) in [6.45, 7) is 1.22. The Morgan fingerprint density at radius 2 is 1.93 bits per heavy atom. The Labute approximate surface area is 173 Å². The van der Waals surface area contributed by atoms with Crippen LogP contribution < -0.4 is 10.4 Å². The van der Waals surface area contributed by atoms with Crippen molar-refractivity contribution in [1.82, 2.24) is 9.88 Å². The van der Waals surface area contributed by atoms with Gasteiger partial charge in [-0.1, -0.05) is 30.3 Å². The van der Waals surface area contributed by atoms with E-state index >= 15 is 0 Å². The van der Waals surface area contributed by atoms with Gasteiger partial charge in [0.1, 0.15) is 5.56 Å². The van der Waals surface area contributed by atoms with Crippen LogP contribution in [0.5, 0.6) is 5.75 Å². The van der Waals surface area contributed by atoms with Crippen molar-refractivity contribution in [1.29, 1.82) is 0 Å². The Morgan fingerprint density at radius 3 is 2.73 bits per heavy atom. The first-order valence-corrected chi connectivity index (χ1v) is 10.1. The minimum atomic E-state index is -0.629. The number of aromatic amines is 1. The summed E-state index contributed by atoms with van der Waals surface area (Å²) in [5.41, 5.74) is 2.24. The highest BCUT2D eigenvalue weighted by Crippen LogP contribution is 2.33. The molecule has 1 amide bonds. The summed E-state index contributed by atoms with van der Waals surface area (Å²) < 4.78 is 10.7. The van der Waals surface area contributed by atoms with Gasteiger partial charge >= 0.3 is 5.63 Å². The molecular weight excluding hydrogens is 380 g/mol. The van der Waals surface area contributed by atoms with E-state index in [9.17, 15) is 9.59 Å². The van der Waals surface area contributed by atoms with E-state index in [0.29, 0.717) is 35.7 Å². The molecule has 0 spiro atoms. The van der Waals surface area contributed by atoms with Crippen LogP contribution in [0.15, 0.2) is 63.9 Å². The number of rotatable bonds is 3. The number of methoxy groups -OCH3 is 1. The molecule has 1 aliphatic rings. The van der Waals surface area contributed by atoms with E-state index in [1.165, 1.54) is 18.1 Å². The number of carbonyl (C=O) groups is 1. The van der Waals surface area contributed by atoms with Crippen molar-refractivity contribution in [2.24, 2.45) is 0 Å². The zero-order valence-corrected chi connectivity index (χ0v) is 16.7. The second-order valence-electron chi connectivity index (χ2n) is 7.68. The molecule has 0 atom stereocenters. The summed E-state index contributed by atoms with van der Waals surface area (Å²) >= 11 is 0. The van der Waals surface area contributed by atoms with Crippen molar-refractivity contribution in [2.45, 2.75) is 18.8 Å². The Balaban J connectivity index is 1.37. The quantitative estimate of drug-likeness (QED) is 0.519. The van der Waals surface area contributed by atoms with Gasteiger partial charge in [-0.3, -0.25) is 4.79 Å². The van der Waals surface area contributed by atoms with E-state index in [-0.39, 0.29) is 11.5 Å². The molecule has 0 aliphatic carbocycles. The van der Waals surface area contributed by atoms with Crippen LogP contribution in [0.2, 0.25) is 0 Å². The molecule has 4 aromatic rings. The van der Waals surface area contributed by atoms with Crippen molar-refractivity contribution in [3.63, 3.8) is 0 Å². The molecule has 1 N–H and O–H groups in total. The van der Waals surface area contributed by atoms with Gasteiger partial charge in [0.2, 0.25) is 0 Å². The fourth-order valence-corrected chi connectivity index (χ4v) is 4.42. The van der Waals surface area contributed by atoms with Crippen LogP contribution in [-0.2, 0) is 0 Å². The van der Waals surface area contributed by atoms with Gasteiger partial charge in [-0.15, -0.1) is 0 Å². The number of hydrogen-bond donors (Lipinski definition) is 1. The predicted molar refractivity (Wildman–Crippen MR) is 115 cm³/mol. The van der Waals surface area contributed by atoms with E-state index in [0.717, 1.165) is 18.4 Å². The first-order chi connectivity index (χ1) is 14.7. The lowest BCUT2D eigenvalue weighted by molar-refractivity contribution is 0.0709. The molecular formula is C24H22N2O4. The summed E-state index contributed by atoms with van der Waals surface area (Å²) in [7, 11) is 1.52. The standard InChI is InChI=1S/C24H22N2O4/c1-29-21-8-4-5-16-13-18(24(28)30-22(16)21)23(27)26-11-9-15(10-12-26)19-14-25-20-7-3-2-6-17(19)20/h2-8,13-15,25H,9-12H2,1H3. The van der Waals surface area contributed by atoms with Crippen molar-refractivity contribution in [3.05, 3.63) is 76.3 Å². The summed E-state index contributed by atoms with van der Waals surface area (Å²) in [4.78, 5) is 30.7. The number of likely N-dealkylation sites (tertiary alicyclic amines) is 1. The average molecular weight is 402 g/mol. The van der Waals surface area contributed by atoms with Crippen molar-refractivity contribution in [3.8, 4) is 5.75 Å². The van der Waals surface area contributed by atoms with E-state index in [1.807, 2.05) is 18.2 Å². The van der Waals surface area contributed by atoms with Gasteiger partial charge in [0.25, 0.3) is 5.91 Å². The molecule has 0 saturated carbocycles. The lowest BCUT2D eigenvalue weighted by Crippen LogP contribution is -2.39. The third kappa shape index (κ3) is 3.05. The van der Waals surface area contributed by atoms with E-state index in [4.69, 9.17) is 9.15 Å². The third-order valence-electron chi connectivity index (χ3n) is 6.02. The van der Waals surface area contributed by atoms with Gasteiger partial charge in [0.15, 0.2) is 11.3 Å². The highest BCUT2D eigenvalue weighted by Gasteiger charge is 2.28. The van der Waals surface area contributed by atoms with Crippen LogP contribution in [-0.4, -0.2) is 36.0 Å². The topological polar surface area (TPSA) is 75.5 Å². The molecule has 6 heteroatoms. The molecule has 152 valence electrons. The molecule has 0 radical (unpaired) electrons. The first kappa shape index (κ1) is 18.5. The Bertz CT molecular complexity index is 1300. The highest BCUT2D eigenvalue weighted by atomic mass is 16.5. The van der Waals surface area contributed by atoms with Crippen LogP contribution in [0.1, 0.15) is 34.7 Å². The number of nitrogens with one attached hydrogen (secondary N) is 1. The zero-order chi connectivity index (χ0) is 20.7. The molecule has 30 heavy (non-hydrogen) atoms. The Kier molecular flexibility index (Phi) is 4.54. The molecule has 2 aromatic carbocycles. The summed E-state index contributed by atoms with van der Waals surface area (Å²) in [6, 6.07) is 15.2. The number of nitrogens with zero attached hydrogens (tertiary/aromatic N) is 1. The van der Waals surface area contributed by atoms with Gasteiger partial charge in [-0.25, -0.2) is 4.79 Å². The SMILES string of the molecule is COc1cccc2cc(C(=O)N3CCC(c4c[nH]c5ccccc45)CC3)c(=O)oc12. The van der Waals surface area contributed by atoms with Crippen molar-refractivity contribution >= 4 is 27.8 Å². The minimum absolute atomic E-state index is 0.0706. The number of para-hydroxylation sites is 2. The number of fused-ring (bicyclic) bond motifs is 2. The Hall–Kier alpha value is -3.54. The number of H-pyrrole nitrogens is 1. The maximum Gasteiger partial charge on any atom is 0.349 e. The molecule has 5 rings (SSSR count). The smallest absolute Gasteiger partial charge is 0.349 e. The maximum absolute atomic E-state index is 13.1. The van der Waals surface area contributed by atoms with E-state index in [2.05, 4.69) is 23.3 Å². The fourth-order valence-electron chi connectivity index (χ4n) is 4.42. The van der Waals surface area contributed by atoms with E-state index in [1.54, 1.807) is 23.1 Å². The van der Waals surface area contributed by atoms with Gasteiger partial charge in [-0.05, 0) is 42.5 Å². The van der Waals surface area contributed by atoms with Gasteiger partial charge in [-0.2, -0.15) is 0 Å². The average Bonchev–Trinajstić information content (AvgIpc) is 3.22. The fraction of sp³-hybridized carbons (Fsp3) is 0.250. The molecule has 1 saturated heterocycles. The highest BCUT2D eigenvalue weighted by molar-refractivity contribution is 5.97. The molecule has 6 nitrogen and oxygen atoms in total. The lowest BCUT2D eigenvalue weighted by Gasteiger charge is -2.31. The van der Waals surface area contributed by atoms with Gasteiger partial charge in [0, 0.05) is 35.6 Å². The van der Waals surface area contributed by atoms with Gasteiger partial charge < -0.3 is 19.0 Å². The zero-order valence-electron chi connectivity index (χ0n) is 16.7. The van der Waals surface area contributed by atoms with E-state index < -0.39 is 5.63 Å². The molecule has 0 unspecified atom stereocenters. The van der Waals surface area contributed by atoms with Crippen LogP contribution in [0.3, 0.4) is 0 Å². The molecule has 1 fully saturated rings.